The first kappa shape index (κ1) is 16.7. The van der Waals surface area contributed by atoms with E-state index in [1.165, 1.54) is 0 Å². The molecule has 22 heavy (non-hydrogen) atoms. The van der Waals surface area contributed by atoms with E-state index in [1.807, 2.05) is 32.0 Å². The first-order valence-corrected chi connectivity index (χ1v) is 7.67. The molecule has 0 heterocycles. The number of hydrogen-bond donors (Lipinski definition) is 1. The number of amides is 1. The van der Waals surface area contributed by atoms with Crippen molar-refractivity contribution in [2.45, 2.75) is 20.3 Å². The van der Waals surface area contributed by atoms with Crippen LogP contribution in [0.25, 0.3) is 0 Å². The summed E-state index contributed by atoms with van der Waals surface area (Å²) in [5, 5.41) is 3.68. The number of carbonyl (C=O) groups is 1. The lowest BCUT2D eigenvalue weighted by Gasteiger charge is -2.11. The van der Waals surface area contributed by atoms with E-state index in [9.17, 15) is 4.79 Å². The Labute approximate surface area is 140 Å². The number of halogens is 2. The van der Waals surface area contributed by atoms with Gasteiger partial charge in [0.25, 0.3) is 0 Å². The van der Waals surface area contributed by atoms with E-state index in [-0.39, 0.29) is 12.3 Å². The third-order valence-corrected chi connectivity index (χ3v) is 3.89. The molecule has 0 aromatic heterocycles. The second-order valence-electron chi connectivity index (χ2n) is 4.97. The molecule has 0 spiro atoms. The van der Waals surface area contributed by atoms with E-state index in [1.54, 1.807) is 18.2 Å². The van der Waals surface area contributed by atoms with Crippen molar-refractivity contribution in [3.8, 4) is 5.75 Å². The summed E-state index contributed by atoms with van der Waals surface area (Å²) in [5.41, 5.74) is 2.79. The molecule has 5 heteroatoms. The Bertz CT molecular complexity index is 686. The van der Waals surface area contributed by atoms with Gasteiger partial charge in [-0.15, -0.1) is 0 Å². The van der Waals surface area contributed by atoms with Crippen molar-refractivity contribution in [2.24, 2.45) is 0 Å². The third-order valence-electron chi connectivity index (χ3n) is 3.35. The second kappa shape index (κ2) is 7.52. The van der Waals surface area contributed by atoms with Crippen LogP contribution in [-0.4, -0.2) is 12.5 Å². The highest BCUT2D eigenvalue weighted by Gasteiger charge is 2.08. The average Bonchev–Trinajstić information content (AvgIpc) is 2.46. The molecule has 0 aliphatic rings. The van der Waals surface area contributed by atoms with Gasteiger partial charge in [-0.2, -0.15) is 0 Å². The summed E-state index contributed by atoms with van der Waals surface area (Å²) in [5.74, 6) is 0.645. The number of carbonyl (C=O) groups excluding carboxylic acids is 1. The Morgan fingerprint density at radius 2 is 1.95 bits per heavy atom. The predicted molar refractivity (Wildman–Crippen MR) is 91.1 cm³/mol. The first-order valence-electron chi connectivity index (χ1n) is 6.91. The number of anilines is 1. The predicted octanol–water partition coefficient (Wildman–Crippen LogP) is 5.02. The highest BCUT2D eigenvalue weighted by Crippen LogP contribution is 2.25. The first-order chi connectivity index (χ1) is 10.5. The molecule has 116 valence electrons. The summed E-state index contributed by atoms with van der Waals surface area (Å²) >= 11 is 11.8. The van der Waals surface area contributed by atoms with Gasteiger partial charge in [0.05, 0.1) is 23.7 Å². The molecule has 0 atom stereocenters. The van der Waals surface area contributed by atoms with Gasteiger partial charge in [-0.05, 0) is 49.2 Å². The molecule has 1 amide bonds. The van der Waals surface area contributed by atoms with Crippen LogP contribution in [0.15, 0.2) is 36.4 Å². The van der Waals surface area contributed by atoms with Crippen molar-refractivity contribution in [1.29, 1.82) is 0 Å². The maximum atomic E-state index is 11.9. The average molecular weight is 338 g/mol. The van der Waals surface area contributed by atoms with Crippen LogP contribution in [0.2, 0.25) is 10.0 Å². The molecule has 0 aliphatic heterocycles. The van der Waals surface area contributed by atoms with Gasteiger partial charge >= 0.3 is 0 Å². The van der Waals surface area contributed by atoms with Crippen molar-refractivity contribution in [3.05, 3.63) is 57.6 Å². The lowest BCUT2D eigenvalue weighted by molar-refractivity contribution is -0.116. The SMILES string of the molecule is Cc1cccc(OCCC(=O)Nc2ccc(Cl)cc2Cl)c1C. The molecule has 0 bridgehead atoms. The number of benzene rings is 2. The Hall–Kier alpha value is -1.71. The topological polar surface area (TPSA) is 38.3 Å². The summed E-state index contributed by atoms with van der Waals surface area (Å²) in [4.78, 5) is 11.9. The standard InChI is InChI=1S/C17H17Cl2NO2/c1-11-4-3-5-16(12(11)2)22-9-8-17(21)20-15-7-6-13(18)10-14(15)19/h3-7,10H,8-9H2,1-2H3,(H,20,21). The Morgan fingerprint density at radius 1 is 1.18 bits per heavy atom. The third kappa shape index (κ3) is 4.39. The maximum Gasteiger partial charge on any atom is 0.227 e. The van der Waals surface area contributed by atoms with Crippen molar-refractivity contribution in [3.63, 3.8) is 0 Å². The van der Waals surface area contributed by atoms with Gasteiger partial charge in [-0.25, -0.2) is 0 Å². The van der Waals surface area contributed by atoms with Crippen LogP contribution in [-0.2, 0) is 4.79 Å². The number of aryl methyl sites for hydroxylation is 1. The molecule has 3 nitrogen and oxygen atoms in total. The van der Waals surface area contributed by atoms with Gasteiger partial charge in [0, 0.05) is 5.02 Å². The Morgan fingerprint density at radius 3 is 2.68 bits per heavy atom. The highest BCUT2D eigenvalue weighted by molar-refractivity contribution is 6.36. The van der Waals surface area contributed by atoms with Crippen molar-refractivity contribution >= 4 is 34.8 Å². The molecule has 0 aliphatic carbocycles. The van der Waals surface area contributed by atoms with Crippen LogP contribution < -0.4 is 10.1 Å². The quantitative estimate of drug-likeness (QED) is 0.831. The summed E-state index contributed by atoms with van der Waals surface area (Å²) in [6, 6.07) is 10.8. The van der Waals surface area contributed by atoms with E-state index in [2.05, 4.69) is 5.32 Å². The molecular weight excluding hydrogens is 321 g/mol. The molecule has 0 radical (unpaired) electrons. The molecule has 1 N–H and O–H groups in total. The van der Waals surface area contributed by atoms with Crippen LogP contribution in [0.4, 0.5) is 5.69 Å². The van der Waals surface area contributed by atoms with E-state index in [0.717, 1.165) is 16.9 Å². The monoisotopic (exact) mass is 337 g/mol. The molecule has 0 unspecified atom stereocenters. The van der Waals surface area contributed by atoms with Crippen LogP contribution >= 0.6 is 23.2 Å². The summed E-state index contributed by atoms with van der Waals surface area (Å²) in [7, 11) is 0. The molecule has 2 aromatic carbocycles. The van der Waals surface area contributed by atoms with Gasteiger partial charge < -0.3 is 10.1 Å². The second-order valence-corrected chi connectivity index (χ2v) is 5.81. The minimum atomic E-state index is -0.158. The maximum absolute atomic E-state index is 11.9. The minimum absolute atomic E-state index is 0.158. The van der Waals surface area contributed by atoms with Gasteiger partial charge in [0.1, 0.15) is 5.75 Å². The largest absolute Gasteiger partial charge is 0.493 e. The minimum Gasteiger partial charge on any atom is -0.493 e. The summed E-state index contributed by atoms with van der Waals surface area (Å²) in [6.07, 6.45) is 0.242. The van der Waals surface area contributed by atoms with Gasteiger partial charge in [-0.1, -0.05) is 35.3 Å². The number of ether oxygens (including phenoxy) is 1. The van der Waals surface area contributed by atoms with Crippen LogP contribution in [0.5, 0.6) is 5.75 Å². The normalized spacial score (nSPS) is 10.4. The summed E-state index contributed by atoms with van der Waals surface area (Å²) in [6.45, 7) is 4.33. The lowest BCUT2D eigenvalue weighted by Crippen LogP contribution is -2.15. The van der Waals surface area contributed by atoms with E-state index in [0.29, 0.717) is 22.3 Å². The summed E-state index contributed by atoms with van der Waals surface area (Å²) < 4.78 is 5.66. The smallest absolute Gasteiger partial charge is 0.227 e. The number of nitrogens with one attached hydrogen (secondary N) is 1. The van der Waals surface area contributed by atoms with Crippen LogP contribution in [0, 0.1) is 13.8 Å². The van der Waals surface area contributed by atoms with Crippen molar-refractivity contribution in [2.75, 3.05) is 11.9 Å². The van der Waals surface area contributed by atoms with Crippen LogP contribution in [0.3, 0.4) is 0 Å². The zero-order chi connectivity index (χ0) is 16.1. The Kier molecular flexibility index (Phi) is 5.69. The molecule has 2 aromatic rings. The number of hydrogen-bond acceptors (Lipinski definition) is 2. The molecule has 0 fully saturated rings. The zero-order valence-corrected chi connectivity index (χ0v) is 14.0. The highest BCUT2D eigenvalue weighted by atomic mass is 35.5. The van der Waals surface area contributed by atoms with Crippen LogP contribution in [0.1, 0.15) is 17.5 Å². The fourth-order valence-corrected chi connectivity index (χ4v) is 2.39. The molecule has 0 saturated carbocycles. The molecule has 2 rings (SSSR count). The Balaban J connectivity index is 1.87. The molecule has 0 saturated heterocycles. The van der Waals surface area contributed by atoms with Gasteiger partial charge in [0.2, 0.25) is 5.91 Å². The lowest BCUT2D eigenvalue weighted by atomic mass is 10.1. The van der Waals surface area contributed by atoms with Crippen molar-refractivity contribution in [1.82, 2.24) is 0 Å². The van der Waals surface area contributed by atoms with E-state index < -0.39 is 0 Å². The van der Waals surface area contributed by atoms with Crippen molar-refractivity contribution < 1.29 is 9.53 Å². The molecular formula is C17H17Cl2NO2. The van der Waals surface area contributed by atoms with Gasteiger partial charge in [0.15, 0.2) is 0 Å². The zero-order valence-electron chi connectivity index (χ0n) is 12.5. The fourth-order valence-electron chi connectivity index (χ4n) is 1.94. The fraction of sp³-hybridized carbons (Fsp3) is 0.235. The van der Waals surface area contributed by atoms with E-state index in [4.69, 9.17) is 27.9 Å². The van der Waals surface area contributed by atoms with E-state index >= 15 is 0 Å². The van der Waals surface area contributed by atoms with Gasteiger partial charge in [-0.3, -0.25) is 4.79 Å². The number of rotatable bonds is 5.